The largest absolute Gasteiger partial charge is 0.390 e. The second-order valence-electron chi connectivity index (χ2n) is 9.33. The van der Waals surface area contributed by atoms with Gasteiger partial charge in [0.25, 0.3) is 0 Å². The van der Waals surface area contributed by atoms with E-state index in [-0.39, 0.29) is 6.61 Å². The lowest BCUT2D eigenvalue weighted by Gasteiger charge is -2.33. The zero-order valence-electron chi connectivity index (χ0n) is 20.6. The summed E-state index contributed by atoms with van der Waals surface area (Å²) in [6.45, 7) is 8.78. The molecule has 0 aliphatic carbocycles. The van der Waals surface area contributed by atoms with Gasteiger partial charge in [-0.25, -0.2) is 4.99 Å². The summed E-state index contributed by atoms with van der Waals surface area (Å²) in [6, 6.07) is 0. The summed E-state index contributed by atoms with van der Waals surface area (Å²) in [5.74, 6) is 1.36. The van der Waals surface area contributed by atoms with Crippen LogP contribution in [0.5, 0.6) is 0 Å². The van der Waals surface area contributed by atoms with Gasteiger partial charge in [0.15, 0.2) is 5.84 Å². The Bertz CT molecular complexity index is 446. The zero-order valence-corrected chi connectivity index (χ0v) is 20.6. The minimum Gasteiger partial charge on any atom is -0.390 e. The fraction of sp³-hybridized carbons (Fsp3) is 0.889. The highest BCUT2D eigenvalue weighted by molar-refractivity contribution is 5.76. The van der Waals surface area contributed by atoms with Gasteiger partial charge in [0.2, 0.25) is 0 Å². The Hall–Kier alpha value is -0.670. The number of unbranched alkanes of at least 4 members (excludes halogenated alkanes) is 14. The van der Waals surface area contributed by atoms with Crippen LogP contribution in [0.3, 0.4) is 0 Å². The van der Waals surface area contributed by atoms with Crippen molar-refractivity contribution in [3.8, 4) is 0 Å². The summed E-state index contributed by atoms with van der Waals surface area (Å²) in [7, 11) is 0. The van der Waals surface area contributed by atoms with E-state index >= 15 is 0 Å². The molecular weight excluding hydrogens is 368 g/mol. The fourth-order valence-electron chi connectivity index (χ4n) is 4.78. The molecule has 0 aromatic carbocycles. The quantitative estimate of drug-likeness (QED) is 0.117. The summed E-state index contributed by atoms with van der Waals surface area (Å²) in [6.07, 6.45) is 27.9. The van der Waals surface area contributed by atoms with Crippen molar-refractivity contribution < 1.29 is 9.59 Å². The van der Waals surface area contributed by atoms with E-state index in [0.29, 0.717) is 0 Å². The molecular formula is C27H53N2O+. The van der Waals surface area contributed by atoms with Gasteiger partial charge in [0, 0.05) is 6.42 Å². The van der Waals surface area contributed by atoms with Crippen molar-refractivity contribution in [1.82, 2.24) is 0 Å². The van der Waals surface area contributed by atoms with E-state index in [1.54, 1.807) is 0 Å². The Morgan fingerprint density at radius 2 is 1.30 bits per heavy atom. The molecule has 0 aromatic heterocycles. The van der Waals surface area contributed by atoms with E-state index in [2.05, 4.69) is 26.0 Å². The minimum absolute atomic E-state index is 0.280. The lowest BCUT2D eigenvalue weighted by Crippen LogP contribution is -2.52. The molecule has 0 radical (unpaired) electrons. The van der Waals surface area contributed by atoms with Gasteiger partial charge < -0.3 is 5.11 Å². The number of hydrogen-bond acceptors (Lipinski definition) is 2. The van der Waals surface area contributed by atoms with E-state index in [0.717, 1.165) is 37.1 Å². The maximum absolute atomic E-state index is 9.39. The predicted octanol–water partition coefficient (Wildman–Crippen LogP) is 7.44. The molecule has 1 aliphatic rings. The SMILES string of the molecule is CCCCCCCC/C=C/CCCCCCCCCCC1=NCC[N+]1(CC)CCO. The predicted molar refractivity (Wildman–Crippen MR) is 133 cm³/mol. The van der Waals surface area contributed by atoms with Crippen LogP contribution in [0.2, 0.25) is 0 Å². The maximum Gasteiger partial charge on any atom is 0.198 e. The molecule has 0 saturated heterocycles. The monoisotopic (exact) mass is 421 g/mol. The highest BCUT2D eigenvalue weighted by Crippen LogP contribution is 2.20. The number of amidine groups is 1. The molecule has 1 N–H and O–H groups in total. The number of aliphatic hydroxyl groups excluding tert-OH is 1. The number of nitrogens with zero attached hydrogens (tertiary/aromatic N) is 2. The Labute approximate surface area is 188 Å². The lowest BCUT2D eigenvalue weighted by molar-refractivity contribution is -0.835. The number of aliphatic imine (C=N–C) groups is 1. The topological polar surface area (TPSA) is 32.6 Å². The zero-order chi connectivity index (χ0) is 21.8. The number of likely N-dealkylation sites (N-methyl/N-ethyl adjacent to an activating group) is 1. The molecule has 1 heterocycles. The smallest absolute Gasteiger partial charge is 0.198 e. The molecule has 3 nitrogen and oxygen atoms in total. The van der Waals surface area contributed by atoms with Gasteiger partial charge in [0.1, 0.15) is 13.1 Å². The Morgan fingerprint density at radius 3 is 1.83 bits per heavy atom. The number of hydrogen-bond donors (Lipinski definition) is 1. The Balaban J connectivity index is 1.86. The first-order valence-corrected chi connectivity index (χ1v) is 13.4. The average molecular weight is 422 g/mol. The molecule has 1 unspecified atom stereocenters. The first-order valence-electron chi connectivity index (χ1n) is 13.4. The third kappa shape index (κ3) is 12.2. The van der Waals surface area contributed by atoms with Gasteiger partial charge in [0.05, 0.1) is 19.7 Å². The number of allylic oxidation sites excluding steroid dienone is 2. The van der Waals surface area contributed by atoms with Crippen molar-refractivity contribution in [1.29, 1.82) is 0 Å². The van der Waals surface area contributed by atoms with Crippen LogP contribution in [-0.2, 0) is 0 Å². The molecule has 1 rings (SSSR count). The molecule has 3 heteroatoms. The molecule has 0 saturated carbocycles. The molecule has 0 fully saturated rings. The van der Waals surface area contributed by atoms with Crippen LogP contribution < -0.4 is 0 Å². The highest BCUT2D eigenvalue weighted by atomic mass is 16.3. The molecule has 1 aliphatic heterocycles. The fourth-order valence-corrected chi connectivity index (χ4v) is 4.78. The average Bonchev–Trinajstić information content (AvgIpc) is 3.16. The molecule has 176 valence electrons. The summed E-state index contributed by atoms with van der Waals surface area (Å²) < 4.78 is 0.948. The lowest BCUT2D eigenvalue weighted by atomic mass is 10.1. The third-order valence-electron chi connectivity index (χ3n) is 6.92. The first kappa shape index (κ1) is 27.4. The van der Waals surface area contributed by atoms with Gasteiger partial charge in [-0.2, -0.15) is 0 Å². The Morgan fingerprint density at radius 1 is 0.767 bits per heavy atom. The van der Waals surface area contributed by atoms with Gasteiger partial charge in [-0.15, -0.1) is 0 Å². The summed E-state index contributed by atoms with van der Waals surface area (Å²) in [5.41, 5.74) is 0. The maximum atomic E-state index is 9.39. The van der Waals surface area contributed by atoms with E-state index < -0.39 is 0 Å². The number of aliphatic hydroxyl groups is 1. The van der Waals surface area contributed by atoms with Gasteiger partial charge in [-0.1, -0.05) is 89.7 Å². The normalized spacial score (nSPS) is 19.1. The van der Waals surface area contributed by atoms with Crippen molar-refractivity contribution in [2.75, 3.05) is 32.8 Å². The molecule has 0 aromatic rings. The summed E-state index contributed by atoms with van der Waals surface area (Å²) >= 11 is 0. The van der Waals surface area contributed by atoms with E-state index in [1.807, 2.05) is 0 Å². The molecule has 0 spiro atoms. The molecule has 0 amide bonds. The van der Waals surface area contributed by atoms with Crippen LogP contribution in [-0.4, -0.2) is 48.2 Å². The van der Waals surface area contributed by atoms with Gasteiger partial charge in [-0.3, -0.25) is 4.48 Å². The van der Waals surface area contributed by atoms with Gasteiger partial charge in [-0.05, 0) is 39.0 Å². The van der Waals surface area contributed by atoms with Crippen molar-refractivity contribution in [2.24, 2.45) is 4.99 Å². The van der Waals surface area contributed by atoms with Crippen LogP contribution in [0.4, 0.5) is 0 Å². The van der Waals surface area contributed by atoms with Crippen molar-refractivity contribution in [3.63, 3.8) is 0 Å². The third-order valence-corrected chi connectivity index (χ3v) is 6.92. The van der Waals surface area contributed by atoms with E-state index in [1.165, 1.54) is 109 Å². The molecule has 30 heavy (non-hydrogen) atoms. The van der Waals surface area contributed by atoms with Crippen molar-refractivity contribution >= 4 is 5.84 Å². The van der Waals surface area contributed by atoms with Crippen LogP contribution in [0.1, 0.15) is 123 Å². The van der Waals surface area contributed by atoms with Crippen LogP contribution in [0.25, 0.3) is 0 Å². The minimum atomic E-state index is 0.280. The number of quaternary nitrogens is 1. The van der Waals surface area contributed by atoms with Crippen LogP contribution in [0.15, 0.2) is 17.1 Å². The molecule has 1 atom stereocenters. The first-order chi connectivity index (χ1) is 14.8. The summed E-state index contributed by atoms with van der Waals surface area (Å²) in [5, 5.41) is 9.39. The Kier molecular flexibility index (Phi) is 17.4. The van der Waals surface area contributed by atoms with Crippen molar-refractivity contribution in [3.05, 3.63) is 12.2 Å². The standard InChI is InChI=1S/C27H53N2O/c1-3-5-6-7-8-9-10-11-12-13-14-15-16-17-18-19-20-21-22-27-28-23-24-29(27,4-2)25-26-30/h11-12,30H,3-10,13-26H2,1-2H3/q+1/b12-11+. The van der Waals surface area contributed by atoms with Gasteiger partial charge >= 0.3 is 0 Å². The van der Waals surface area contributed by atoms with Crippen LogP contribution in [0, 0.1) is 0 Å². The highest BCUT2D eigenvalue weighted by Gasteiger charge is 2.35. The van der Waals surface area contributed by atoms with Crippen molar-refractivity contribution in [2.45, 2.75) is 123 Å². The second kappa shape index (κ2) is 19.0. The van der Waals surface area contributed by atoms with E-state index in [4.69, 9.17) is 4.99 Å². The van der Waals surface area contributed by atoms with Crippen LogP contribution >= 0.6 is 0 Å². The van der Waals surface area contributed by atoms with E-state index in [9.17, 15) is 5.11 Å². The molecule has 0 bridgehead atoms. The summed E-state index contributed by atoms with van der Waals surface area (Å²) in [4.78, 5) is 4.77. The number of rotatable bonds is 21. The second-order valence-corrected chi connectivity index (χ2v) is 9.33.